The van der Waals surface area contributed by atoms with Crippen LogP contribution in [0.2, 0.25) is 0 Å². The number of hydrogen-bond acceptors (Lipinski definition) is 9. The Kier molecular flexibility index (Phi) is 4.90. The van der Waals surface area contributed by atoms with Gasteiger partial charge in [-0.1, -0.05) is 11.3 Å². The maximum absolute atomic E-state index is 10.9. The molecule has 0 aliphatic heterocycles. The number of rotatable bonds is 6. The largest absolute Gasteiger partial charge is 0.382 e. The molecule has 1 aromatic carbocycles. The standard InChI is InChI=1S/C19H17N7OS/c1-11(2)23-15-8-17(22-9-13(15)19-26-25-18(10-27)28-19)24-12-3-4-14-16(7-12)21-6-5-20-14/h3-11H,1-2H3,(H2,22,23,24). The second kappa shape index (κ2) is 7.65. The summed E-state index contributed by atoms with van der Waals surface area (Å²) in [5.41, 5.74) is 4.17. The number of aldehydes is 1. The van der Waals surface area contributed by atoms with Crippen LogP contribution in [0.15, 0.2) is 42.9 Å². The average molecular weight is 391 g/mol. The molecule has 3 heterocycles. The molecule has 0 aliphatic rings. The summed E-state index contributed by atoms with van der Waals surface area (Å²) in [6.45, 7) is 4.10. The molecule has 140 valence electrons. The molecule has 0 saturated heterocycles. The molecule has 28 heavy (non-hydrogen) atoms. The maximum Gasteiger partial charge on any atom is 0.180 e. The summed E-state index contributed by atoms with van der Waals surface area (Å²) in [5, 5.41) is 15.6. The minimum Gasteiger partial charge on any atom is -0.382 e. The Bertz CT molecular complexity index is 1140. The molecule has 0 spiro atoms. The molecular formula is C19H17N7OS. The number of nitrogens with one attached hydrogen (secondary N) is 2. The lowest BCUT2D eigenvalue weighted by molar-refractivity contribution is 0.112. The van der Waals surface area contributed by atoms with Gasteiger partial charge in [0.2, 0.25) is 0 Å². The maximum atomic E-state index is 10.9. The Labute approximate surface area is 165 Å². The highest BCUT2D eigenvalue weighted by Crippen LogP contribution is 2.32. The van der Waals surface area contributed by atoms with Gasteiger partial charge in [0.25, 0.3) is 0 Å². The summed E-state index contributed by atoms with van der Waals surface area (Å²) in [7, 11) is 0. The number of pyridine rings is 1. The minimum absolute atomic E-state index is 0.211. The van der Waals surface area contributed by atoms with Gasteiger partial charge in [-0.05, 0) is 32.0 Å². The Morgan fingerprint density at radius 1 is 1.04 bits per heavy atom. The van der Waals surface area contributed by atoms with Gasteiger partial charge in [0.1, 0.15) is 5.82 Å². The third-order valence-electron chi connectivity index (χ3n) is 3.86. The van der Waals surface area contributed by atoms with E-state index in [4.69, 9.17) is 0 Å². The van der Waals surface area contributed by atoms with Gasteiger partial charge in [0.15, 0.2) is 16.3 Å². The number of fused-ring (bicyclic) bond motifs is 1. The molecule has 0 bridgehead atoms. The highest BCUT2D eigenvalue weighted by Gasteiger charge is 2.14. The fourth-order valence-electron chi connectivity index (χ4n) is 2.70. The predicted octanol–water partition coefficient (Wildman–Crippen LogP) is 3.92. The number of carbonyl (C=O) groups is 1. The quantitative estimate of drug-likeness (QED) is 0.477. The molecule has 0 fully saturated rings. The van der Waals surface area contributed by atoms with Crippen LogP contribution >= 0.6 is 11.3 Å². The Morgan fingerprint density at radius 3 is 2.61 bits per heavy atom. The first-order chi connectivity index (χ1) is 13.6. The Balaban J connectivity index is 1.67. The summed E-state index contributed by atoms with van der Waals surface area (Å²) in [4.78, 5) is 24.0. The van der Waals surface area contributed by atoms with E-state index in [9.17, 15) is 4.79 Å². The van der Waals surface area contributed by atoms with Gasteiger partial charge in [0, 0.05) is 42.1 Å². The first-order valence-electron chi connectivity index (χ1n) is 8.66. The third kappa shape index (κ3) is 3.79. The summed E-state index contributed by atoms with van der Waals surface area (Å²) < 4.78 is 0. The minimum atomic E-state index is 0.211. The van der Waals surface area contributed by atoms with E-state index in [1.165, 1.54) is 11.3 Å². The van der Waals surface area contributed by atoms with E-state index in [0.29, 0.717) is 22.1 Å². The molecule has 4 rings (SSSR count). The van der Waals surface area contributed by atoms with E-state index in [1.54, 1.807) is 18.6 Å². The topological polar surface area (TPSA) is 106 Å². The molecule has 2 N–H and O–H groups in total. The lowest BCUT2D eigenvalue weighted by atomic mass is 10.2. The molecule has 0 amide bonds. The van der Waals surface area contributed by atoms with Crippen molar-refractivity contribution in [2.45, 2.75) is 19.9 Å². The van der Waals surface area contributed by atoms with E-state index in [2.05, 4.69) is 49.6 Å². The summed E-state index contributed by atoms with van der Waals surface area (Å²) in [6, 6.07) is 7.90. The molecule has 4 aromatic rings. The molecule has 0 atom stereocenters. The van der Waals surface area contributed by atoms with Crippen LogP contribution in [0.1, 0.15) is 23.6 Å². The van der Waals surface area contributed by atoms with Crippen LogP contribution in [0.4, 0.5) is 17.2 Å². The highest BCUT2D eigenvalue weighted by molar-refractivity contribution is 7.16. The van der Waals surface area contributed by atoms with E-state index in [1.807, 2.05) is 24.3 Å². The third-order valence-corrected chi connectivity index (χ3v) is 4.74. The van der Waals surface area contributed by atoms with Gasteiger partial charge in [-0.2, -0.15) is 0 Å². The van der Waals surface area contributed by atoms with Crippen molar-refractivity contribution in [2.24, 2.45) is 0 Å². The van der Waals surface area contributed by atoms with Crippen molar-refractivity contribution < 1.29 is 4.79 Å². The summed E-state index contributed by atoms with van der Waals surface area (Å²) in [5.74, 6) is 0.676. The number of carbonyl (C=O) groups excluding carboxylic acids is 1. The van der Waals surface area contributed by atoms with E-state index < -0.39 is 0 Å². The molecule has 9 heteroatoms. The fourth-order valence-corrected chi connectivity index (χ4v) is 3.39. The molecule has 0 aliphatic carbocycles. The lowest BCUT2D eigenvalue weighted by Gasteiger charge is -2.15. The van der Waals surface area contributed by atoms with Gasteiger partial charge in [-0.25, -0.2) is 4.98 Å². The second-order valence-electron chi connectivity index (χ2n) is 6.36. The number of aromatic nitrogens is 5. The predicted molar refractivity (Wildman–Crippen MR) is 110 cm³/mol. The van der Waals surface area contributed by atoms with Crippen molar-refractivity contribution in [3.63, 3.8) is 0 Å². The highest BCUT2D eigenvalue weighted by atomic mass is 32.1. The van der Waals surface area contributed by atoms with E-state index >= 15 is 0 Å². The number of hydrogen-bond donors (Lipinski definition) is 2. The Hall–Kier alpha value is -3.46. The summed E-state index contributed by atoms with van der Waals surface area (Å²) >= 11 is 1.23. The van der Waals surface area contributed by atoms with Crippen molar-refractivity contribution in [2.75, 3.05) is 10.6 Å². The number of anilines is 3. The van der Waals surface area contributed by atoms with Crippen molar-refractivity contribution in [3.05, 3.63) is 47.9 Å². The van der Waals surface area contributed by atoms with E-state index in [0.717, 1.165) is 28.0 Å². The smallest absolute Gasteiger partial charge is 0.180 e. The van der Waals surface area contributed by atoms with Crippen molar-refractivity contribution in [3.8, 4) is 10.6 Å². The molecular weight excluding hydrogens is 374 g/mol. The zero-order chi connectivity index (χ0) is 19.5. The van der Waals surface area contributed by atoms with Gasteiger partial charge in [0.05, 0.1) is 16.6 Å². The van der Waals surface area contributed by atoms with Gasteiger partial charge in [-0.3, -0.25) is 14.8 Å². The molecule has 0 radical (unpaired) electrons. The SMILES string of the molecule is CC(C)Nc1cc(Nc2ccc3nccnc3c2)ncc1-c1nnc(C=O)s1. The van der Waals surface area contributed by atoms with Crippen LogP contribution in [0, 0.1) is 0 Å². The van der Waals surface area contributed by atoms with Gasteiger partial charge in [-0.15, -0.1) is 10.2 Å². The van der Waals surface area contributed by atoms with Gasteiger partial charge >= 0.3 is 0 Å². The zero-order valence-electron chi connectivity index (χ0n) is 15.2. The molecule has 0 saturated carbocycles. The second-order valence-corrected chi connectivity index (χ2v) is 7.37. The molecule has 0 unspecified atom stereocenters. The van der Waals surface area contributed by atoms with Gasteiger partial charge < -0.3 is 10.6 Å². The van der Waals surface area contributed by atoms with Crippen LogP contribution in [-0.2, 0) is 0 Å². The number of nitrogens with zero attached hydrogens (tertiary/aromatic N) is 5. The average Bonchev–Trinajstić information content (AvgIpc) is 3.17. The van der Waals surface area contributed by atoms with Crippen molar-refractivity contribution in [1.29, 1.82) is 0 Å². The van der Waals surface area contributed by atoms with Crippen molar-refractivity contribution >= 4 is 45.8 Å². The van der Waals surface area contributed by atoms with Crippen LogP contribution in [0.5, 0.6) is 0 Å². The van der Waals surface area contributed by atoms with E-state index in [-0.39, 0.29) is 6.04 Å². The normalized spacial score (nSPS) is 11.0. The monoisotopic (exact) mass is 391 g/mol. The first kappa shape index (κ1) is 17.9. The lowest BCUT2D eigenvalue weighted by Crippen LogP contribution is -2.11. The first-order valence-corrected chi connectivity index (χ1v) is 9.47. The van der Waals surface area contributed by atoms with Crippen LogP contribution in [0.3, 0.4) is 0 Å². The molecule has 8 nitrogen and oxygen atoms in total. The van der Waals surface area contributed by atoms with Crippen LogP contribution in [0.25, 0.3) is 21.6 Å². The fraction of sp³-hybridized carbons (Fsp3) is 0.158. The summed E-state index contributed by atoms with van der Waals surface area (Å²) in [6.07, 6.45) is 5.76. The number of benzene rings is 1. The van der Waals surface area contributed by atoms with Crippen LogP contribution < -0.4 is 10.6 Å². The van der Waals surface area contributed by atoms with Crippen molar-refractivity contribution in [1.82, 2.24) is 25.1 Å². The Morgan fingerprint density at radius 2 is 1.86 bits per heavy atom. The van der Waals surface area contributed by atoms with Crippen LogP contribution in [-0.4, -0.2) is 37.5 Å². The zero-order valence-corrected chi connectivity index (χ0v) is 16.1. The molecule has 3 aromatic heterocycles.